The normalized spacial score (nSPS) is 13.0. The molecular formula is C57H61N11O7S. The van der Waals surface area contributed by atoms with Crippen LogP contribution in [0.15, 0.2) is 119 Å². The van der Waals surface area contributed by atoms with Crippen molar-refractivity contribution in [1.82, 2.24) is 24.3 Å². The molecule has 0 unspecified atom stereocenters. The lowest BCUT2D eigenvalue weighted by atomic mass is 9.86. The summed E-state index contributed by atoms with van der Waals surface area (Å²) in [6.45, 7) is 15.3. The number of H-pyrrole nitrogens is 1. The van der Waals surface area contributed by atoms with E-state index < -0.39 is 10.0 Å². The first-order valence-electron chi connectivity index (χ1n) is 24.9. The molecule has 0 radical (unpaired) electrons. The lowest BCUT2D eigenvalue weighted by Crippen LogP contribution is -2.49. The van der Waals surface area contributed by atoms with Gasteiger partial charge in [0.05, 0.1) is 65.0 Å². The first-order chi connectivity index (χ1) is 36.4. The topological polar surface area (TPSA) is 240 Å². The molecule has 0 bridgehead atoms. The van der Waals surface area contributed by atoms with Crippen molar-refractivity contribution in [2.24, 2.45) is 7.05 Å². The van der Waals surface area contributed by atoms with Gasteiger partial charge in [-0.05, 0) is 103 Å². The molecule has 19 heteroatoms. The predicted octanol–water partition coefficient (Wildman–Crippen LogP) is 8.29. The van der Waals surface area contributed by atoms with E-state index >= 15 is 0 Å². The summed E-state index contributed by atoms with van der Waals surface area (Å²) in [6.07, 6.45) is 3.20. The molecule has 0 saturated carbocycles. The Labute approximate surface area is 442 Å². The SMILES string of the molecule is Cc1c(NC(=O)c2ccc(C(C)(C)C)cc2)cccc1-c1cn(C)c(=O)c(Nc2ccc(C(=O)N3CCN(CCOCCOCCNc4ccc(S(=O)(=O)Nc5ccc(C)c6c(C#N)c[nH]c56)cc4C#N)CC3)cc2)n1. The molecule has 3 heterocycles. The molecule has 0 spiro atoms. The van der Waals surface area contributed by atoms with Gasteiger partial charge in [0.1, 0.15) is 12.1 Å². The summed E-state index contributed by atoms with van der Waals surface area (Å²) >= 11 is 0. The van der Waals surface area contributed by atoms with Gasteiger partial charge in [0.25, 0.3) is 27.4 Å². The molecule has 1 fully saturated rings. The number of aryl methyl sites for hydroxylation is 2. The molecule has 0 aliphatic carbocycles. The van der Waals surface area contributed by atoms with E-state index in [9.17, 15) is 33.3 Å². The standard InChI is InChI=1S/C57H61N11O7S/c1-37-10-20-49(52-51(37)42(34-59)35-61-52)65-76(72,73)45-19-21-48(41(32-45)33-58)60-22-28-74-30-31-75-29-27-67-23-25-68(26-24-67)55(70)40-13-17-44(18-14-40)62-53-56(71)66(6)36-50(63-53)46-8-7-9-47(38(46)2)64-54(69)39-11-15-43(16-12-39)57(3,4)5/h7-21,32,35-36,60-61,65H,22-31H2,1-6H3,(H,62,63)(H,64,69). The number of fused-ring (bicyclic) bond motifs is 1. The van der Waals surface area contributed by atoms with E-state index in [4.69, 9.17) is 14.5 Å². The summed E-state index contributed by atoms with van der Waals surface area (Å²) in [5, 5.41) is 29.2. The fourth-order valence-electron chi connectivity index (χ4n) is 8.88. The van der Waals surface area contributed by atoms with Crippen LogP contribution in [0.2, 0.25) is 0 Å². The Bertz CT molecular complexity index is 3530. The van der Waals surface area contributed by atoms with Gasteiger partial charge in [0.2, 0.25) is 0 Å². The van der Waals surface area contributed by atoms with Crippen LogP contribution in [-0.4, -0.2) is 110 Å². The number of hydrogen-bond donors (Lipinski definition) is 5. The van der Waals surface area contributed by atoms with Gasteiger partial charge in [0.15, 0.2) is 5.82 Å². The molecule has 1 aliphatic heterocycles. The third kappa shape index (κ3) is 12.6. The summed E-state index contributed by atoms with van der Waals surface area (Å²) < 4.78 is 42.3. The van der Waals surface area contributed by atoms with Crippen molar-refractivity contribution in [3.8, 4) is 23.4 Å². The quantitative estimate of drug-likeness (QED) is 0.0480. The second kappa shape index (κ2) is 23.5. The van der Waals surface area contributed by atoms with Crippen LogP contribution < -0.4 is 26.2 Å². The second-order valence-corrected chi connectivity index (χ2v) is 21.2. The Morgan fingerprint density at radius 2 is 1.49 bits per heavy atom. The first-order valence-corrected chi connectivity index (χ1v) is 26.4. The zero-order chi connectivity index (χ0) is 54.1. The van der Waals surface area contributed by atoms with Gasteiger partial charge in [0, 0.05) is 92.2 Å². The zero-order valence-corrected chi connectivity index (χ0v) is 44.2. The Morgan fingerprint density at radius 1 is 0.803 bits per heavy atom. The fraction of sp³-hybridized carbons (Fsp3) is 0.298. The number of carbonyl (C=O) groups excluding carboxylic acids is 2. The van der Waals surface area contributed by atoms with E-state index in [1.807, 2.05) is 61.2 Å². The van der Waals surface area contributed by atoms with Crippen molar-refractivity contribution < 1.29 is 27.5 Å². The lowest BCUT2D eigenvalue weighted by molar-refractivity contribution is 0.0329. The van der Waals surface area contributed by atoms with E-state index in [0.717, 1.165) is 22.3 Å². The van der Waals surface area contributed by atoms with E-state index in [1.165, 1.54) is 22.9 Å². The summed E-state index contributed by atoms with van der Waals surface area (Å²) in [7, 11) is -2.40. The highest BCUT2D eigenvalue weighted by atomic mass is 32.2. The number of aromatic nitrogens is 3. The molecule has 1 aliphatic rings. The van der Waals surface area contributed by atoms with E-state index in [0.29, 0.717) is 122 Å². The molecule has 5 aromatic carbocycles. The van der Waals surface area contributed by atoms with Crippen molar-refractivity contribution in [3.05, 3.63) is 159 Å². The fourth-order valence-corrected chi connectivity index (χ4v) is 9.98. The van der Waals surface area contributed by atoms with Crippen LogP contribution in [0.1, 0.15) is 69.3 Å². The van der Waals surface area contributed by atoms with E-state index in [2.05, 4.69) is 63.5 Å². The number of rotatable bonds is 19. The number of carbonyl (C=O) groups is 2. The third-order valence-corrected chi connectivity index (χ3v) is 14.7. The van der Waals surface area contributed by atoms with Crippen LogP contribution in [0.4, 0.5) is 28.6 Å². The Balaban J connectivity index is 0.737. The predicted molar refractivity (Wildman–Crippen MR) is 295 cm³/mol. The molecule has 5 N–H and O–H groups in total. The molecule has 392 valence electrons. The average molecular weight is 1040 g/mol. The number of amides is 2. The van der Waals surface area contributed by atoms with Gasteiger partial charge < -0.3 is 39.9 Å². The Kier molecular flexibility index (Phi) is 16.7. The highest BCUT2D eigenvalue weighted by molar-refractivity contribution is 7.92. The molecule has 0 atom stereocenters. The number of hydrogen-bond acceptors (Lipinski definition) is 13. The maximum Gasteiger partial charge on any atom is 0.293 e. The largest absolute Gasteiger partial charge is 0.382 e. The summed E-state index contributed by atoms with van der Waals surface area (Å²) in [4.78, 5) is 51.7. The third-order valence-electron chi connectivity index (χ3n) is 13.3. The highest BCUT2D eigenvalue weighted by Crippen LogP contribution is 2.32. The molecule has 1 saturated heterocycles. The summed E-state index contributed by atoms with van der Waals surface area (Å²) in [5.41, 5.74) is 7.85. The number of nitrogens with one attached hydrogen (secondary N) is 5. The molecular weight excluding hydrogens is 983 g/mol. The number of anilines is 5. The molecule has 7 aromatic rings. The minimum atomic E-state index is -4.06. The molecule has 2 amide bonds. The lowest BCUT2D eigenvalue weighted by Gasteiger charge is -2.34. The molecule has 2 aromatic heterocycles. The first kappa shape index (κ1) is 53.9. The van der Waals surface area contributed by atoms with Gasteiger partial charge >= 0.3 is 0 Å². The van der Waals surface area contributed by atoms with Crippen LogP contribution in [0.25, 0.3) is 22.2 Å². The zero-order valence-electron chi connectivity index (χ0n) is 43.4. The van der Waals surface area contributed by atoms with Crippen molar-refractivity contribution in [2.45, 2.75) is 44.9 Å². The van der Waals surface area contributed by atoms with Crippen LogP contribution in [0.3, 0.4) is 0 Å². The van der Waals surface area contributed by atoms with Crippen molar-refractivity contribution >= 4 is 61.3 Å². The minimum Gasteiger partial charge on any atom is -0.382 e. The monoisotopic (exact) mass is 1040 g/mol. The number of nitriles is 2. The van der Waals surface area contributed by atoms with Crippen LogP contribution in [-0.2, 0) is 32.0 Å². The van der Waals surface area contributed by atoms with Crippen LogP contribution in [0, 0.1) is 36.5 Å². The van der Waals surface area contributed by atoms with E-state index in [-0.39, 0.29) is 39.1 Å². The highest BCUT2D eigenvalue weighted by Gasteiger charge is 2.24. The maximum absolute atomic E-state index is 13.5. The summed E-state index contributed by atoms with van der Waals surface area (Å²) in [6, 6.07) is 32.0. The molecule has 76 heavy (non-hydrogen) atoms. The van der Waals surface area contributed by atoms with E-state index in [1.54, 1.807) is 55.7 Å². The van der Waals surface area contributed by atoms with Crippen LogP contribution in [0.5, 0.6) is 0 Å². The Morgan fingerprint density at radius 3 is 2.18 bits per heavy atom. The molecule has 18 nitrogen and oxygen atoms in total. The number of aromatic amines is 1. The van der Waals surface area contributed by atoms with Gasteiger partial charge in [-0.25, -0.2) is 13.4 Å². The number of piperazine rings is 1. The smallest absolute Gasteiger partial charge is 0.293 e. The summed E-state index contributed by atoms with van der Waals surface area (Å²) in [5.74, 6) is -0.186. The minimum absolute atomic E-state index is 0.0276. The number of sulfonamides is 1. The van der Waals surface area contributed by atoms with Gasteiger partial charge in [-0.3, -0.25) is 24.0 Å². The van der Waals surface area contributed by atoms with Crippen molar-refractivity contribution in [2.75, 3.05) is 86.4 Å². The average Bonchev–Trinajstić information content (AvgIpc) is 3.87. The Hall–Kier alpha value is -8.33. The van der Waals surface area contributed by atoms with Crippen LogP contribution >= 0.6 is 0 Å². The number of nitrogens with zero attached hydrogens (tertiary/aromatic N) is 6. The number of benzene rings is 5. The second-order valence-electron chi connectivity index (χ2n) is 19.6. The number of ether oxygens (including phenoxy) is 2. The molecule has 8 rings (SSSR count). The van der Waals surface area contributed by atoms with Gasteiger partial charge in [-0.1, -0.05) is 51.1 Å². The van der Waals surface area contributed by atoms with Gasteiger partial charge in [-0.2, -0.15) is 10.5 Å². The van der Waals surface area contributed by atoms with Crippen molar-refractivity contribution in [3.63, 3.8) is 0 Å². The van der Waals surface area contributed by atoms with Crippen molar-refractivity contribution in [1.29, 1.82) is 10.5 Å². The van der Waals surface area contributed by atoms with Gasteiger partial charge in [-0.15, -0.1) is 0 Å². The maximum atomic E-state index is 13.5.